The van der Waals surface area contributed by atoms with Gasteiger partial charge in [-0.25, -0.2) is 4.98 Å². The van der Waals surface area contributed by atoms with Gasteiger partial charge < -0.3 is 20.3 Å². The Morgan fingerprint density at radius 1 is 1.31 bits per heavy atom. The molecule has 7 heteroatoms. The normalized spacial score (nSPS) is 21.9. The van der Waals surface area contributed by atoms with Gasteiger partial charge in [0.05, 0.1) is 16.1 Å². The molecule has 0 aromatic carbocycles. The Hall–Kier alpha value is -1.96. The van der Waals surface area contributed by atoms with Crippen molar-refractivity contribution in [1.82, 2.24) is 20.2 Å². The monoisotopic (exact) mass is 411 g/mol. The molecule has 2 aromatic heterocycles. The number of hydrogen-bond acceptors (Lipinski definition) is 7. The van der Waals surface area contributed by atoms with Gasteiger partial charge in [-0.2, -0.15) is 0 Å². The van der Waals surface area contributed by atoms with Crippen LogP contribution in [0.3, 0.4) is 0 Å². The topological polar surface area (TPSA) is 62.3 Å². The Kier molecular flexibility index (Phi) is 5.52. The van der Waals surface area contributed by atoms with Crippen LogP contribution in [-0.4, -0.2) is 54.3 Å². The molecule has 2 aliphatic heterocycles. The van der Waals surface area contributed by atoms with Gasteiger partial charge in [-0.15, -0.1) is 11.3 Å². The molecule has 1 saturated heterocycles. The summed E-state index contributed by atoms with van der Waals surface area (Å²) in [6.07, 6.45) is 10.2. The Morgan fingerprint density at radius 3 is 3.07 bits per heavy atom. The van der Waals surface area contributed by atoms with Gasteiger partial charge in [0.25, 0.3) is 0 Å². The lowest BCUT2D eigenvalue weighted by atomic mass is 10.1. The van der Waals surface area contributed by atoms with Crippen molar-refractivity contribution >= 4 is 28.2 Å². The molecule has 1 atom stereocenters. The van der Waals surface area contributed by atoms with Gasteiger partial charge in [-0.1, -0.05) is 12.8 Å². The van der Waals surface area contributed by atoms with Crippen LogP contribution in [0.5, 0.6) is 0 Å². The largest absolute Gasteiger partial charge is 0.385 e. The zero-order chi connectivity index (χ0) is 19.6. The lowest BCUT2D eigenvalue weighted by molar-refractivity contribution is 0.166. The van der Waals surface area contributed by atoms with Crippen molar-refractivity contribution in [2.45, 2.75) is 44.1 Å². The van der Waals surface area contributed by atoms with Crippen LogP contribution in [0.15, 0.2) is 18.3 Å². The Balaban J connectivity index is 1.58. The van der Waals surface area contributed by atoms with Gasteiger partial charge >= 0.3 is 0 Å². The lowest BCUT2D eigenvalue weighted by Crippen LogP contribution is -2.52. The molecule has 1 saturated carbocycles. The van der Waals surface area contributed by atoms with Crippen LogP contribution in [0.4, 0.5) is 5.00 Å². The van der Waals surface area contributed by atoms with Crippen molar-refractivity contribution in [2.75, 3.05) is 38.7 Å². The molecule has 2 N–H and O–H groups in total. The van der Waals surface area contributed by atoms with E-state index >= 15 is 0 Å². The number of pyridine rings is 1. The number of piperazine rings is 1. The zero-order valence-corrected chi connectivity index (χ0v) is 17.8. The van der Waals surface area contributed by atoms with E-state index in [1.54, 1.807) is 7.11 Å². The second-order valence-electron chi connectivity index (χ2n) is 8.17. The molecule has 0 amide bonds. The van der Waals surface area contributed by atoms with Crippen LogP contribution >= 0.6 is 11.3 Å². The fraction of sp³-hybridized carbons (Fsp3) is 0.545. The van der Waals surface area contributed by atoms with Crippen molar-refractivity contribution in [3.8, 4) is 0 Å². The number of nitrogens with zero attached hydrogens (tertiary/aromatic N) is 3. The van der Waals surface area contributed by atoms with E-state index in [2.05, 4.69) is 27.8 Å². The molecule has 0 bridgehead atoms. The Morgan fingerprint density at radius 2 is 2.21 bits per heavy atom. The van der Waals surface area contributed by atoms with E-state index in [9.17, 15) is 0 Å². The van der Waals surface area contributed by atoms with Crippen molar-refractivity contribution < 1.29 is 4.74 Å². The first-order chi connectivity index (χ1) is 14.3. The number of aromatic nitrogens is 2. The van der Waals surface area contributed by atoms with Crippen LogP contribution in [0, 0.1) is 0 Å². The fourth-order valence-electron chi connectivity index (χ4n) is 4.71. The summed E-state index contributed by atoms with van der Waals surface area (Å²) in [5, 5.41) is 11.8. The predicted molar refractivity (Wildman–Crippen MR) is 117 cm³/mol. The Bertz CT molecular complexity index is 981. The van der Waals surface area contributed by atoms with E-state index in [0.717, 1.165) is 53.9 Å². The highest BCUT2D eigenvalue weighted by atomic mass is 32.1. The average Bonchev–Trinajstić information content (AvgIpc) is 3.40. The molecular weight excluding hydrogens is 382 g/mol. The maximum absolute atomic E-state index is 5.31. The molecule has 1 aliphatic carbocycles. The smallest absolute Gasteiger partial charge is 0.124 e. The summed E-state index contributed by atoms with van der Waals surface area (Å²) >= 11 is 1.83. The molecule has 0 radical (unpaired) electrons. The summed E-state index contributed by atoms with van der Waals surface area (Å²) in [7, 11) is 1.77. The van der Waals surface area contributed by atoms with E-state index in [1.165, 1.54) is 36.4 Å². The molecular formula is C22H29N5OS. The van der Waals surface area contributed by atoms with Crippen molar-refractivity contribution in [3.05, 3.63) is 39.6 Å². The Labute approximate surface area is 175 Å². The molecule has 29 heavy (non-hydrogen) atoms. The molecule has 154 valence electrons. The maximum atomic E-state index is 5.31. The van der Waals surface area contributed by atoms with Gasteiger partial charge in [-0.05, 0) is 31.4 Å². The predicted octanol–water partition coefficient (Wildman–Crippen LogP) is 1.83. The van der Waals surface area contributed by atoms with Crippen molar-refractivity contribution in [1.29, 1.82) is 0 Å². The van der Waals surface area contributed by atoms with Gasteiger partial charge in [0.2, 0.25) is 0 Å². The lowest BCUT2D eigenvalue weighted by Gasteiger charge is -2.36. The SMILES string of the molecule is COCCC1CN(C2=c3ncccc3=CNc3sc(C4CCCC4)nc32)CCN1. The summed E-state index contributed by atoms with van der Waals surface area (Å²) in [6.45, 7) is 3.65. The highest BCUT2D eigenvalue weighted by molar-refractivity contribution is 7.16. The molecule has 1 unspecified atom stereocenters. The van der Waals surface area contributed by atoms with E-state index in [-0.39, 0.29) is 0 Å². The highest BCUT2D eigenvalue weighted by Crippen LogP contribution is 2.41. The maximum Gasteiger partial charge on any atom is 0.124 e. The summed E-state index contributed by atoms with van der Waals surface area (Å²) in [6, 6.07) is 4.55. The second kappa shape index (κ2) is 8.42. The van der Waals surface area contributed by atoms with Gasteiger partial charge in [-0.3, -0.25) is 4.98 Å². The molecule has 2 aromatic rings. The first-order valence-corrected chi connectivity index (χ1v) is 11.6. The third kappa shape index (κ3) is 3.79. The van der Waals surface area contributed by atoms with Gasteiger partial charge in [0.1, 0.15) is 10.7 Å². The molecule has 5 rings (SSSR count). The number of thiazole rings is 1. The van der Waals surface area contributed by atoms with E-state index < -0.39 is 0 Å². The number of nitrogens with one attached hydrogen (secondary N) is 2. The quantitative estimate of drug-likeness (QED) is 0.783. The minimum atomic E-state index is 0.417. The van der Waals surface area contributed by atoms with Crippen LogP contribution in [-0.2, 0) is 4.74 Å². The average molecular weight is 412 g/mol. The van der Waals surface area contributed by atoms with Gasteiger partial charge in [0.15, 0.2) is 0 Å². The summed E-state index contributed by atoms with van der Waals surface area (Å²) in [5.74, 6) is 0.621. The van der Waals surface area contributed by atoms with Gasteiger partial charge in [0, 0.05) is 62.9 Å². The second-order valence-corrected chi connectivity index (χ2v) is 9.20. The van der Waals surface area contributed by atoms with Crippen LogP contribution in [0.1, 0.15) is 48.7 Å². The summed E-state index contributed by atoms with van der Waals surface area (Å²) < 4.78 is 5.31. The zero-order valence-electron chi connectivity index (χ0n) is 17.0. The molecule has 2 fully saturated rings. The third-order valence-electron chi connectivity index (χ3n) is 6.24. The summed E-state index contributed by atoms with van der Waals surface area (Å²) in [5.41, 5.74) is 2.26. The number of fused-ring (bicyclic) bond motifs is 2. The van der Waals surface area contributed by atoms with E-state index in [4.69, 9.17) is 14.7 Å². The van der Waals surface area contributed by atoms with E-state index in [1.807, 2.05) is 23.6 Å². The van der Waals surface area contributed by atoms with Crippen LogP contribution in [0.2, 0.25) is 0 Å². The summed E-state index contributed by atoms with van der Waals surface area (Å²) in [4.78, 5) is 12.5. The minimum absolute atomic E-state index is 0.417. The van der Waals surface area contributed by atoms with Crippen molar-refractivity contribution in [2.24, 2.45) is 0 Å². The molecule has 3 aliphatic rings. The number of hydrogen-bond donors (Lipinski definition) is 2. The minimum Gasteiger partial charge on any atom is -0.385 e. The molecule has 4 heterocycles. The first-order valence-electron chi connectivity index (χ1n) is 10.7. The number of ether oxygens (including phenoxy) is 1. The fourth-order valence-corrected chi connectivity index (χ4v) is 5.82. The number of methoxy groups -OCH3 is 1. The standard InChI is InChI=1S/C22H29N5OS/c1-28-12-8-17-14-27(11-10-23-17)20-18-16(7-4-9-24-18)13-25-22-19(20)26-21(29-22)15-5-2-3-6-15/h4,7,9,13,15,17,23,25H,2-3,5-6,8,10-12,14H2,1H3. The van der Waals surface area contributed by atoms with Crippen molar-refractivity contribution in [3.63, 3.8) is 0 Å². The number of anilines is 1. The molecule has 0 spiro atoms. The van der Waals surface area contributed by atoms with Crippen LogP contribution < -0.4 is 21.2 Å². The number of rotatable bonds is 5. The van der Waals surface area contributed by atoms with Crippen LogP contribution in [0.25, 0.3) is 11.9 Å². The highest BCUT2D eigenvalue weighted by Gasteiger charge is 2.29. The third-order valence-corrected chi connectivity index (χ3v) is 7.39. The first kappa shape index (κ1) is 19.0. The molecule has 6 nitrogen and oxygen atoms in total. The van der Waals surface area contributed by atoms with E-state index in [0.29, 0.717) is 12.0 Å².